The van der Waals surface area contributed by atoms with Gasteiger partial charge in [0, 0.05) is 5.02 Å². The summed E-state index contributed by atoms with van der Waals surface area (Å²) in [5.74, 6) is -0.376. The maximum atomic E-state index is 12.9. The normalized spacial score (nSPS) is 11.8. The van der Waals surface area contributed by atoms with Crippen LogP contribution in [0.1, 0.15) is 6.92 Å². The number of carbonyl (C=O) groups is 1. The summed E-state index contributed by atoms with van der Waals surface area (Å²) in [6.45, 7) is 1.59. The lowest BCUT2D eigenvalue weighted by atomic mass is 10.2. The van der Waals surface area contributed by atoms with Crippen LogP contribution in [0.5, 0.6) is 5.75 Å². The summed E-state index contributed by atoms with van der Waals surface area (Å²) in [6, 6.07) is 10.5. The molecule has 2 aromatic rings. The van der Waals surface area contributed by atoms with Crippen LogP contribution < -0.4 is 15.8 Å². The average Bonchev–Trinajstić information content (AvgIpc) is 2.41. The van der Waals surface area contributed by atoms with Gasteiger partial charge in [0.15, 0.2) is 6.10 Å². The smallest absolute Gasteiger partial charge is 0.265 e. The zero-order chi connectivity index (χ0) is 15.4. The molecule has 0 heterocycles. The molecule has 1 unspecified atom stereocenters. The fourth-order valence-corrected chi connectivity index (χ4v) is 1.86. The number of benzene rings is 2. The molecule has 0 aliphatic heterocycles. The molecule has 1 amide bonds. The van der Waals surface area contributed by atoms with Crippen molar-refractivity contribution in [2.45, 2.75) is 13.0 Å². The van der Waals surface area contributed by atoms with Gasteiger partial charge in [-0.2, -0.15) is 0 Å². The average molecular weight is 309 g/mol. The van der Waals surface area contributed by atoms with Crippen LogP contribution in [-0.2, 0) is 4.79 Å². The van der Waals surface area contributed by atoms with Crippen molar-refractivity contribution in [3.63, 3.8) is 0 Å². The topological polar surface area (TPSA) is 64.3 Å². The number of carbonyl (C=O) groups excluding carboxylic acids is 1. The SMILES string of the molecule is CC(Oc1cccc(Cl)c1)C(=O)Nc1ccc(F)cc1N. The van der Waals surface area contributed by atoms with Gasteiger partial charge in [-0.3, -0.25) is 4.79 Å². The van der Waals surface area contributed by atoms with Crippen molar-refractivity contribution in [3.05, 3.63) is 53.3 Å². The van der Waals surface area contributed by atoms with Gasteiger partial charge >= 0.3 is 0 Å². The molecule has 110 valence electrons. The Hall–Kier alpha value is -2.27. The first-order chi connectivity index (χ1) is 9.95. The van der Waals surface area contributed by atoms with Crippen molar-refractivity contribution in [2.24, 2.45) is 0 Å². The summed E-state index contributed by atoms with van der Waals surface area (Å²) >= 11 is 5.84. The van der Waals surface area contributed by atoms with Crippen molar-refractivity contribution in [1.82, 2.24) is 0 Å². The lowest BCUT2D eigenvalue weighted by molar-refractivity contribution is -0.122. The molecule has 2 rings (SSSR count). The number of amides is 1. The summed E-state index contributed by atoms with van der Waals surface area (Å²) in [5.41, 5.74) is 6.12. The second kappa shape index (κ2) is 6.45. The minimum absolute atomic E-state index is 0.151. The third kappa shape index (κ3) is 4.10. The number of nitrogens with two attached hydrogens (primary N) is 1. The van der Waals surface area contributed by atoms with Crippen LogP contribution >= 0.6 is 11.6 Å². The summed E-state index contributed by atoms with van der Waals surface area (Å²) in [7, 11) is 0. The first-order valence-corrected chi connectivity index (χ1v) is 6.61. The maximum Gasteiger partial charge on any atom is 0.265 e. The van der Waals surface area contributed by atoms with Gasteiger partial charge in [-0.1, -0.05) is 17.7 Å². The van der Waals surface area contributed by atoms with Crippen LogP contribution in [0.25, 0.3) is 0 Å². The van der Waals surface area contributed by atoms with Crippen LogP contribution in [0, 0.1) is 5.82 Å². The van der Waals surface area contributed by atoms with Crippen molar-refractivity contribution in [1.29, 1.82) is 0 Å². The van der Waals surface area contributed by atoms with Crippen molar-refractivity contribution >= 4 is 28.9 Å². The Morgan fingerprint density at radius 3 is 2.76 bits per heavy atom. The first kappa shape index (κ1) is 15.1. The van der Waals surface area contributed by atoms with E-state index in [1.54, 1.807) is 31.2 Å². The molecule has 3 N–H and O–H groups in total. The van der Waals surface area contributed by atoms with Crippen LogP contribution in [0.2, 0.25) is 5.02 Å². The van der Waals surface area contributed by atoms with Gasteiger partial charge in [0.1, 0.15) is 11.6 Å². The maximum absolute atomic E-state index is 12.9. The number of hydrogen-bond donors (Lipinski definition) is 2. The summed E-state index contributed by atoms with van der Waals surface area (Å²) < 4.78 is 18.4. The largest absolute Gasteiger partial charge is 0.481 e. The highest BCUT2D eigenvalue weighted by Crippen LogP contribution is 2.21. The van der Waals surface area contributed by atoms with E-state index in [4.69, 9.17) is 22.1 Å². The van der Waals surface area contributed by atoms with Crippen LogP contribution in [-0.4, -0.2) is 12.0 Å². The Labute approximate surface area is 126 Å². The number of anilines is 2. The molecular formula is C15H14ClFN2O2. The van der Waals surface area contributed by atoms with Gasteiger partial charge in [-0.25, -0.2) is 4.39 Å². The monoisotopic (exact) mass is 308 g/mol. The lowest BCUT2D eigenvalue weighted by Gasteiger charge is -2.15. The van der Waals surface area contributed by atoms with Gasteiger partial charge in [-0.15, -0.1) is 0 Å². The molecule has 0 aromatic heterocycles. The molecule has 0 aliphatic carbocycles. The number of nitrogen functional groups attached to an aromatic ring is 1. The van der Waals surface area contributed by atoms with E-state index >= 15 is 0 Å². The van der Waals surface area contributed by atoms with Crippen LogP contribution in [0.3, 0.4) is 0 Å². The van der Waals surface area contributed by atoms with E-state index in [-0.39, 0.29) is 5.69 Å². The van der Waals surface area contributed by atoms with E-state index in [0.717, 1.165) is 6.07 Å². The molecule has 0 radical (unpaired) electrons. The first-order valence-electron chi connectivity index (χ1n) is 6.24. The number of rotatable bonds is 4. The predicted molar refractivity (Wildman–Crippen MR) is 81.0 cm³/mol. The molecule has 0 bridgehead atoms. The quantitative estimate of drug-likeness (QED) is 0.850. The Kier molecular flexibility index (Phi) is 4.65. The molecule has 4 nitrogen and oxygen atoms in total. The van der Waals surface area contributed by atoms with E-state index in [1.165, 1.54) is 12.1 Å². The highest BCUT2D eigenvalue weighted by atomic mass is 35.5. The number of nitrogens with one attached hydrogen (secondary N) is 1. The standard InChI is InChI=1S/C15H14ClFN2O2/c1-9(21-12-4-2-3-10(16)7-12)15(20)19-14-6-5-11(17)8-13(14)18/h2-9H,18H2,1H3,(H,19,20). The molecule has 2 aromatic carbocycles. The zero-order valence-corrected chi connectivity index (χ0v) is 12.0. The van der Waals surface area contributed by atoms with Crippen molar-refractivity contribution in [3.8, 4) is 5.75 Å². The van der Waals surface area contributed by atoms with Crippen LogP contribution in [0.15, 0.2) is 42.5 Å². The Morgan fingerprint density at radius 2 is 2.10 bits per heavy atom. The third-order valence-corrected chi connectivity index (χ3v) is 2.98. The number of ether oxygens (including phenoxy) is 1. The van der Waals surface area contributed by atoms with Gasteiger partial charge in [0.25, 0.3) is 5.91 Å². The highest BCUT2D eigenvalue weighted by Gasteiger charge is 2.16. The second-order valence-electron chi connectivity index (χ2n) is 4.44. The Bertz CT molecular complexity index is 664. The Balaban J connectivity index is 2.02. The molecule has 0 fully saturated rings. The minimum atomic E-state index is -0.757. The molecule has 1 atom stereocenters. The molecule has 0 spiro atoms. The summed E-state index contributed by atoms with van der Waals surface area (Å²) in [4.78, 5) is 12.0. The summed E-state index contributed by atoms with van der Waals surface area (Å²) in [5, 5.41) is 3.10. The minimum Gasteiger partial charge on any atom is -0.481 e. The summed E-state index contributed by atoms with van der Waals surface area (Å²) in [6.07, 6.45) is -0.757. The third-order valence-electron chi connectivity index (χ3n) is 2.75. The molecule has 21 heavy (non-hydrogen) atoms. The fourth-order valence-electron chi connectivity index (χ4n) is 1.68. The van der Waals surface area contributed by atoms with Gasteiger partial charge in [-0.05, 0) is 43.3 Å². The van der Waals surface area contributed by atoms with Crippen molar-refractivity contribution in [2.75, 3.05) is 11.1 Å². The fraction of sp³-hybridized carbons (Fsp3) is 0.133. The van der Waals surface area contributed by atoms with Gasteiger partial charge in [0.2, 0.25) is 0 Å². The van der Waals surface area contributed by atoms with E-state index in [9.17, 15) is 9.18 Å². The number of halogens is 2. The highest BCUT2D eigenvalue weighted by molar-refractivity contribution is 6.30. The second-order valence-corrected chi connectivity index (χ2v) is 4.87. The van der Waals surface area contributed by atoms with E-state index in [2.05, 4.69) is 5.32 Å². The van der Waals surface area contributed by atoms with E-state index in [0.29, 0.717) is 16.5 Å². The van der Waals surface area contributed by atoms with Gasteiger partial charge < -0.3 is 15.8 Å². The zero-order valence-electron chi connectivity index (χ0n) is 11.3. The van der Waals surface area contributed by atoms with E-state index in [1.807, 2.05) is 0 Å². The predicted octanol–water partition coefficient (Wildman–Crippen LogP) is 3.47. The number of hydrogen-bond acceptors (Lipinski definition) is 3. The van der Waals surface area contributed by atoms with Crippen LogP contribution in [0.4, 0.5) is 15.8 Å². The molecule has 0 aliphatic rings. The lowest BCUT2D eigenvalue weighted by Crippen LogP contribution is -2.30. The molecular weight excluding hydrogens is 295 g/mol. The molecule has 6 heteroatoms. The van der Waals surface area contributed by atoms with E-state index < -0.39 is 17.8 Å². The molecule has 0 saturated heterocycles. The van der Waals surface area contributed by atoms with Crippen molar-refractivity contribution < 1.29 is 13.9 Å². The Morgan fingerprint density at radius 1 is 1.33 bits per heavy atom. The molecule has 0 saturated carbocycles. The van der Waals surface area contributed by atoms with Gasteiger partial charge in [0.05, 0.1) is 11.4 Å².